The highest BCUT2D eigenvalue weighted by Crippen LogP contribution is 2.62. The van der Waals surface area contributed by atoms with Crippen LogP contribution in [-0.2, 0) is 30.4 Å². The molecule has 2 rings (SSSR count). The molecule has 0 aliphatic carbocycles. The van der Waals surface area contributed by atoms with Gasteiger partial charge in [-0.2, -0.15) is 65.9 Å². The van der Waals surface area contributed by atoms with E-state index in [0.29, 0.717) is 4.90 Å². The Hall–Kier alpha value is -4.72. The molecule has 1 aromatic carbocycles. The van der Waals surface area contributed by atoms with Gasteiger partial charge in [0.1, 0.15) is 29.9 Å². The number of aliphatic carboxylic acids is 1. The van der Waals surface area contributed by atoms with E-state index in [2.05, 4.69) is 10.6 Å². The first-order valence-corrected chi connectivity index (χ1v) is 18.0. The molecular formula is C34H40F15N5O7. The number of hydrogen-bond donors (Lipinski definition) is 6. The van der Waals surface area contributed by atoms with E-state index < -0.39 is 127 Å². The van der Waals surface area contributed by atoms with Crippen LogP contribution in [0.2, 0.25) is 0 Å². The molecule has 0 bridgehead atoms. The van der Waals surface area contributed by atoms with Crippen molar-refractivity contribution < 1.29 is 100 Å². The number of hydrogen-bond acceptors (Lipinski definition) is 7. The molecule has 12 nitrogen and oxygen atoms in total. The van der Waals surface area contributed by atoms with Crippen LogP contribution < -0.4 is 21.7 Å². The van der Waals surface area contributed by atoms with Gasteiger partial charge in [0.25, 0.3) is 5.91 Å². The zero-order valence-electron chi connectivity index (χ0n) is 31.7. The van der Waals surface area contributed by atoms with Gasteiger partial charge >= 0.3 is 47.7 Å². The number of carboxylic acids is 1. The lowest BCUT2D eigenvalue weighted by Crippen LogP contribution is -2.74. The van der Waals surface area contributed by atoms with Gasteiger partial charge in [0, 0.05) is 13.0 Å². The Kier molecular flexibility index (Phi) is 16.4. The van der Waals surface area contributed by atoms with Crippen molar-refractivity contribution in [3.63, 3.8) is 0 Å². The monoisotopic (exact) mass is 915 g/mol. The van der Waals surface area contributed by atoms with E-state index in [9.17, 15) is 100 Å². The third-order valence-electron chi connectivity index (χ3n) is 9.79. The molecule has 5 atom stereocenters. The molecule has 4 amide bonds. The Bertz CT molecular complexity index is 1730. The maximum atomic E-state index is 14.8. The zero-order valence-corrected chi connectivity index (χ0v) is 31.7. The van der Waals surface area contributed by atoms with Crippen molar-refractivity contribution >= 4 is 29.6 Å². The van der Waals surface area contributed by atoms with E-state index in [0.717, 1.165) is 5.32 Å². The smallest absolute Gasteiger partial charge is 0.460 e. The summed E-state index contributed by atoms with van der Waals surface area (Å²) in [4.78, 5) is 65.6. The molecule has 61 heavy (non-hydrogen) atoms. The lowest BCUT2D eigenvalue weighted by molar-refractivity contribution is -0.449. The third kappa shape index (κ3) is 10.5. The van der Waals surface area contributed by atoms with Crippen LogP contribution in [0.3, 0.4) is 0 Å². The van der Waals surface area contributed by atoms with Crippen molar-refractivity contribution in [2.24, 2.45) is 11.7 Å². The Morgan fingerprint density at radius 1 is 0.770 bits per heavy atom. The highest BCUT2D eigenvalue weighted by Gasteiger charge is 2.94. The Labute approximate surface area is 335 Å². The number of amides is 4. The number of alkyl halides is 15. The number of rotatable bonds is 21. The molecule has 1 aromatic rings. The molecule has 27 heteroatoms. The average Bonchev–Trinajstić information content (AvgIpc) is 3.66. The molecule has 0 saturated carbocycles. The quantitative estimate of drug-likeness (QED) is 0.0733. The van der Waals surface area contributed by atoms with Crippen LogP contribution in [0.5, 0.6) is 5.75 Å². The number of carbonyl (C=O) groups excluding carboxylic acids is 4. The third-order valence-corrected chi connectivity index (χ3v) is 9.79. The average molecular weight is 916 g/mol. The maximum Gasteiger partial charge on any atom is 0.460 e. The molecule has 0 radical (unpaired) electrons. The Morgan fingerprint density at radius 2 is 1.30 bits per heavy atom. The summed E-state index contributed by atoms with van der Waals surface area (Å²) in [7, 11) is 0. The summed E-state index contributed by atoms with van der Waals surface area (Å²) in [6.45, 7) is 2.34. The van der Waals surface area contributed by atoms with Gasteiger partial charge in [0.05, 0.1) is 0 Å². The number of unbranched alkanes of at least 4 members (excludes halogenated alkanes) is 1. The van der Waals surface area contributed by atoms with Gasteiger partial charge in [-0.1, -0.05) is 32.4 Å². The highest BCUT2D eigenvalue weighted by molar-refractivity contribution is 5.96. The minimum atomic E-state index is -8.65. The number of nitrogens with one attached hydrogen (secondary N) is 3. The SMILES string of the molecule is CC[C@H](C)[C@H](NC(=O)[C@H](Cc1ccc(O)cc1)NC(=O)[C@@H]1CCCN1C(=O)[C@H](CCCCN)NC(=O)C(F)(F)C(F)(F)C(F)(F)C(F)(F)C(F)(F)C(F)(F)C(F)(F)F)C(=O)O. The largest absolute Gasteiger partial charge is 0.508 e. The standard InChI is InChI=1S/C34H40F15N5O7/c1-3-16(2)22(26(59)60)53-23(56)20(15-17-9-11-18(55)12-10-17)51-24(57)21-8-6-14-54(21)25(58)19(7-4-5-13-50)52-27(61)28(35,36)29(37,38)30(39,40)31(41,42)32(43,44)33(45,46)34(47,48)49/h9-12,16,19-22,55H,3-8,13-15,50H2,1-2H3,(H,51,57)(H,52,61)(H,53,56)(H,59,60)/t16-,19-,20-,21-,22-/m0/s1. The van der Waals surface area contributed by atoms with Gasteiger partial charge in [-0.15, -0.1) is 0 Å². The summed E-state index contributed by atoms with van der Waals surface area (Å²) in [6, 6.07) is -2.44. The maximum absolute atomic E-state index is 14.8. The van der Waals surface area contributed by atoms with Crippen molar-refractivity contribution in [3.8, 4) is 5.75 Å². The van der Waals surface area contributed by atoms with Crippen LogP contribution in [0, 0.1) is 5.92 Å². The number of benzene rings is 1. The second-order valence-corrected chi connectivity index (χ2v) is 14.1. The van der Waals surface area contributed by atoms with Gasteiger partial charge in [0.2, 0.25) is 17.7 Å². The Morgan fingerprint density at radius 3 is 1.79 bits per heavy atom. The lowest BCUT2D eigenvalue weighted by Gasteiger charge is -2.41. The van der Waals surface area contributed by atoms with E-state index in [1.807, 2.05) is 0 Å². The zero-order chi connectivity index (χ0) is 47.3. The molecule has 1 saturated heterocycles. The van der Waals surface area contributed by atoms with Crippen molar-refractivity contribution in [3.05, 3.63) is 29.8 Å². The number of carbonyl (C=O) groups is 5. The van der Waals surface area contributed by atoms with Gasteiger partial charge < -0.3 is 36.8 Å². The lowest BCUT2D eigenvalue weighted by atomic mass is 9.90. The van der Waals surface area contributed by atoms with Crippen molar-refractivity contribution in [1.82, 2.24) is 20.9 Å². The molecule has 1 heterocycles. The van der Waals surface area contributed by atoms with Crippen molar-refractivity contribution in [2.45, 2.75) is 125 Å². The normalized spacial score (nSPS) is 17.9. The predicted molar refractivity (Wildman–Crippen MR) is 178 cm³/mol. The number of nitrogens with two attached hydrogens (primary N) is 1. The molecule has 0 unspecified atom stereocenters. The number of nitrogens with zero attached hydrogens (tertiary/aromatic N) is 1. The van der Waals surface area contributed by atoms with Gasteiger partial charge in [0.15, 0.2) is 0 Å². The van der Waals surface area contributed by atoms with Crippen LogP contribution in [0.4, 0.5) is 65.9 Å². The van der Waals surface area contributed by atoms with Crippen molar-refractivity contribution in [1.29, 1.82) is 0 Å². The first kappa shape index (κ1) is 52.4. The summed E-state index contributed by atoms with van der Waals surface area (Å²) >= 11 is 0. The molecule has 1 aliphatic heterocycles. The van der Waals surface area contributed by atoms with Crippen LogP contribution in [0.1, 0.15) is 57.9 Å². The summed E-state index contributed by atoms with van der Waals surface area (Å²) < 4.78 is 207. The van der Waals surface area contributed by atoms with Gasteiger partial charge in [-0.25, -0.2) is 4.79 Å². The van der Waals surface area contributed by atoms with E-state index in [-0.39, 0.29) is 43.5 Å². The summed E-state index contributed by atoms with van der Waals surface area (Å²) in [5.74, 6) is -59.6. The van der Waals surface area contributed by atoms with E-state index in [4.69, 9.17) is 5.73 Å². The second-order valence-electron chi connectivity index (χ2n) is 14.1. The second kappa shape index (κ2) is 19.1. The number of likely N-dealkylation sites (tertiary alicyclic amines) is 1. The van der Waals surface area contributed by atoms with Gasteiger partial charge in [-0.3, -0.25) is 19.2 Å². The number of phenols is 1. The number of phenolic OH excluding ortho intramolecular Hbond substituents is 1. The van der Waals surface area contributed by atoms with Crippen LogP contribution in [0.15, 0.2) is 24.3 Å². The molecule has 7 N–H and O–H groups in total. The molecule has 1 fully saturated rings. The fourth-order valence-electron chi connectivity index (χ4n) is 5.89. The molecule has 1 aliphatic rings. The fraction of sp³-hybridized carbons (Fsp3) is 0.676. The number of aromatic hydroxyl groups is 1. The summed E-state index contributed by atoms with van der Waals surface area (Å²) in [5.41, 5.74) is 5.59. The minimum Gasteiger partial charge on any atom is -0.508 e. The van der Waals surface area contributed by atoms with Gasteiger partial charge in [-0.05, 0) is 62.3 Å². The Balaban J connectivity index is 2.49. The highest BCUT2D eigenvalue weighted by atomic mass is 19.4. The van der Waals surface area contributed by atoms with E-state index in [1.54, 1.807) is 6.92 Å². The van der Waals surface area contributed by atoms with Crippen molar-refractivity contribution in [2.75, 3.05) is 13.1 Å². The minimum absolute atomic E-state index is 0.121. The first-order chi connectivity index (χ1) is 27.7. The summed E-state index contributed by atoms with van der Waals surface area (Å²) in [6.07, 6.45) is -9.87. The molecule has 0 aromatic heterocycles. The molecule has 0 spiro atoms. The van der Waals surface area contributed by atoms with Crippen LogP contribution in [0.25, 0.3) is 0 Å². The first-order valence-electron chi connectivity index (χ1n) is 18.0. The predicted octanol–water partition coefficient (Wildman–Crippen LogP) is 5.01. The van der Waals surface area contributed by atoms with E-state index >= 15 is 0 Å². The fourth-order valence-corrected chi connectivity index (χ4v) is 5.89. The van der Waals surface area contributed by atoms with E-state index in [1.165, 1.54) is 31.2 Å². The molecule has 348 valence electrons. The van der Waals surface area contributed by atoms with Crippen LogP contribution >= 0.6 is 0 Å². The van der Waals surface area contributed by atoms with Crippen LogP contribution in [-0.4, -0.2) is 124 Å². The topological polar surface area (TPSA) is 191 Å². The number of carboxylic acid groups (broad SMARTS) is 1. The number of halogens is 15. The summed E-state index contributed by atoms with van der Waals surface area (Å²) in [5, 5.41) is 24.7. The molecular weight excluding hydrogens is 875 g/mol.